The lowest BCUT2D eigenvalue weighted by molar-refractivity contribution is -0.140. The highest BCUT2D eigenvalue weighted by atomic mass is 19.4. The summed E-state index contributed by atoms with van der Waals surface area (Å²) >= 11 is 0. The number of benzene rings is 2. The van der Waals surface area contributed by atoms with Crippen molar-refractivity contribution < 1.29 is 54.2 Å². The zero-order chi connectivity index (χ0) is 38.7. The molecule has 0 aliphatic rings. The van der Waals surface area contributed by atoms with E-state index in [9.17, 15) is 50.2 Å². The van der Waals surface area contributed by atoms with E-state index in [-0.39, 0.29) is 47.6 Å². The van der Waals surface area contributed by atoms with Crippen molar-refractivity contribution in [3.05, 3.63) is 91.6 Å². The number of aryl methyl sites for hydroxylation is 3. The molecule has 0 aliphatic heterocycles. The second kappa shape index (κ2) is 15.9. The van der Waals surface area contributed by atoms with Crippen molar-refractivity contribution >= 4 is 11.9 Å². The van der Waals surface area contributed by atoms with Crippen LogP contribution < -0.4 is 10.9 Å². The zero-order valence-electron chi connectivity index (χ0n) is 28.6. The Bertz CT molecular complexity index is 1810. The summed E-state index contributed by atoms with van der Waals surface area (Å²) < 4.78 is 131. The Morgan fingerprint density at radius 3 is 1.96 bits per heavy atom. The van der Waals surface area contributed by atoms with Gasteiger partial charge in [-0.25, -0.2) is 13.2 Å². The van der Waals surface area contributed by atoms with Gasteiger partial charge in [0, 0.05) is 23.4 Å². The number of hydrogen-bond acceptors (Lipinski definition) is 4. The summed E-state index contributed by atoms with van der Waals surface area (Å²) in [6.45, 7) is 6.09. The quantitative estimate of drug-likeness (QED) is 0.174. The largest absolute Gasteiger partial charge is 0.481 e. The molecule has 3 aromatic rings. The SMILES string of the molecule is Cc1cc(F)cc(C)c1-c1cc(C(F)(F)F)c(F)c(C(CC(=O)O)NC(=O)C(CC(C)C)n2cc(CCCN(C)C)c(C(F)(F)F)cc2=O)c1F. The van der Waals surface area contributed by atoms with Crippen LogP contribution in [0, 0.1) is 37.2 Å². The Hall–Kier alpha value is -4.34. The molecule has 2 aromatic carbocycles. The molecule has 1 amide bonds. The molecule has 0 saturated carbocycles. The summed E-state index contributed by atoms with van der Waals surface area (Å²) in [5, 5.41) is 11.7. The fraction of sp³-hybridized carbons (Fsp3) is 0.457. The van der Waals surface area contributed by atoms with Crippen LogP contribution in [0.1, 0.15) is 78.6 Å². The highest BCUT2D eigenvalue weighted by Gasteiger charge is 2.41. The molecule has 16 heteroatoms. The molecule has 0 saturated heterocycles. The van der Waals surface area contributed by atoms with E-state index in [1.54, 1.807) is 32.8 Å². The van der Waals surface area contributed by atoms with Crippen LogP contribution in [-0.4, -0.2) is 47.1 Å². The number of halogens is 9. The van der Waals surface area contributed by atoms with Gasteiger partial charge in [0.1, 0.15) is 23.5 Å². The van der Waals surface area contributed by atoms with Crippen molar-refractivity contribution in [1.82, 2.24) is 14.8 Å². The van der Waals surface area contributed by atoms with Gasteiger partial charge in [0.05, 0.1) is 23.6 Å². The van der Waals surface area contributed by atoms with Crippen molar-refractivity contribution in [3.8, 4) is 11.1 Å². The van der Waals surface area contributed by atoms with E-state index in [4.69, 9.17) is 0 Å². The molecule has 7 nitrogen and oxygen atoms in total. The lowest BCUT2D eigenvalue weighted by Crippen LogP contribution is -2.41. The Labute approximate surface area is 288 Å². The summed E-state index contributed by atoms with van der Waals surface area (Å²) in [6.07, 6.45) is -11.1. The molecule has 0 radical (unpaired) electrons. The summed E-state index contributed by atoms with van der Waals surface area (Å²) in [7, 11) is 3.40. The molecule has 2 N–H and O–H groups in total. The Morgan fingerprint density at radius 2 is 1.47 bits per heavy atom. The lowest BCUT2D eigenvalue weighted by Gasteiger charge is -2.27. The molecule has 1 aromatic heterocycles. The first-order chi connectivity index (χ1) is 23.4. The van der Waals surface area contributed by atoms with Gasteiger partial charge in [-0.15, -0.1) is 0 Å². The number of amides is 1. The smallest absolute Gasteiger partial charge is 0.419 e. The van der Waals surface area contributed by atoms with Crippen molar-refractivity contribution in [2.24, 2.45) is 5.92 Å². The molecule has 1 heterocycles. The standard InChI is InChI=1S/C35H38F9N3O4/c1-17(2)10-26(47-16-20(8-7-9-46(5)6)23(14-27(47)48)34(39,40)41)33(51)45-25(15-28(49)50)30-31(37)22(13-24(32(30)38)35(42,43)44)29-18(3)11-21(36)12-19(29)4/h11-14,16-17,25-26H,7-10,15H2,1-6H3,(H,45,51)(H,49,50). The van der Waals surface area contributed by atoms with Crippen LogP contribution >= 0.6 is 0 Å². The minimum Gasteiger partial charge on any atom is -0.481 e. The molecule has 51 heavy (non-hydrogen) atoms. The van der Waals surface area contributed by atoms with Crippen LogP contribution in [0.15, 0.2) is 35.3 Å². The van der Waals surface area contributed by atoms with Crippen molar-refractivity contribution in [1.29, 1.82) is 0 Å². The van der Waals surface area contributed by atoms with Crippen LogP contribution in [0.2, 0.25) is 0 Å². The number of pyridine rings is 1. The second-order valence-electron chi connectivity index (χ2n) is 13.1. The number of nitrogens with zero attached hydrogens (tertiary/aromatic N) is 2. The predicted octanol–water partition coefficient (Wildman–Crippen LogP) is 8.00. The fourth-order valence-electron chi connectivity index (χ4n) is 6.03. The van der Waals surface area contributed by atoms with Crippen LogP contribution in [0.25, 0.3) is 11.1 Å². The van der Waals surface area contributed by atoms with Gasteiger partial charge in [-0.1, -0.05) is 13.8 Å². The Kier molecular flexibility index (Phi) is 12.8. The molecular weight excluding hydrogens is 697 g/mol. The molecular formula is C35H38F9N3O4. The van der Waals surface area contributed by atoms with Crippen LogP contribution in [0.4, 0.5) is 39.5 Å². The van der Waals surface area contributed by atoms with Crippen molar-refractivity contribution in [2.45, 2.75) is 77.8 Å². The maximum Gasteiger partial charge on any atom is 0.419 e. The second-order valence-corrected chi connectivity index (χ2v) is 13.1. The average Bonchev–Trinajstić information content (AvgIpc) is 2.95. The maximum atomic E-state index is 16.4. The molecule has 0 bridgehead atoms. The lowest BCUT2D eigenvalue weighted by atomic mass is 9.89. The van der Waals surface area contributed by atoms with Gasteiger partial charge >= 0.3 is 18.3 Å². The minimum atomic E-state index is -5.45. The van der Waals surface area contributed by atoms with Gasteiger partial charge in [0.25, 0.3) is 5.56 Å². The first kappa shape index (κ1) is 41.1. The number of rotatable bonds is 13. The molecule has 0 spiro atoms. The summed E-state index contributed by atoms with van der Waals surface area (Å²) in [5.41, 5.74) is -7.45. The van der Waals surface area contributed by atoms with Gasteiger partial charge < -0.3 is 19.9 Å². The van der Waals surface area contributed by atoms with E-state index in [0.717, 1.165) is 18.3 Å². The van der Waals surface area contributed by atoms with Gasteiger partial charge in [0.15, 0.2) is 0 Å². The molecule has 0 aliphatic carbocycles. The van der Waals surface area contributed by atoms with E-state index in [2.05, 4.69) is 5.32 Å². The van der Waals surface area contributed by atoms with Gasteiger partial charge in [-0.2, -0.15) is 26.3 Å². The highest BCUT2D eigenvalue weighted by molar-refractivity contribution is 5.82. The fourth-order valence-corrected chi connectivity index (χ4v) is 6.03. The van der Waals surface area contributed by atoms with Crippen LogP contribution in [0.3, 0.4) is 0 Å². The number of aliphatic carboxylic acids is 1. The number of carboxylic acids is 1. The third kappa shape index (κ3) is 9.92. The molecule has 0 fully saturated rings. The maximum absolute atomic E-state index is 16.4. The topological polar surface area (TPSA) is 91.6 Å². The molecule has 3 rings (SSSR count). The number of aromatic nitrogens is 1. The first-order valence-corrected chi connectivity index (χ1v) is 15.8. The first-order valence-electron chi connectivity index (χ1n) is 15.8. The van der Waals surface area contributed by atoms with Crippen LogP contribution in [-0.2, 0) is 28.4 Å². The third-order valence-electron chi connectivity index (χ3n) is 8.20. The predicted molar refractivity (Wildman–Crippen MR) is 170 cm³/mol. The van der Waals surface area contributed by atoms with E-state index < -0.39 is 93.9 Å². The third-order valence-corrected chi connectivity index (χ3v) is 8.20. The van der Waals surface area contributed by atoms with Gasteiger partial charge in [-0.3, -0.25) is 14.4 Å². The molecule has 2 atom stereocenters. The number of alkyl halides is 6. The van der Waals surface area contributed by atoms with E-state index in [1.165, 1.54) is 13.8 Å². The number of hydrogen-bond donors (Lipinski definition) is 2. The normalized spacial score (nSPS) is 13.5. The number of carbonyl (C=O) groups excluding carboxylic acids is 1. The Balaban J connectivity index is 2.27. The van der Waals surface area contributed by atoms with Gasteiger partial charge in [0.2, 0.25) is 5.91 Å². The molecule has 2 unspecified atom stereocenters. The van der Waals surface area contributed by atoms with Gasteiger partial charge in [-0.05, 0) is 100 Å². The molecule has 280 valence electrons. The number of carbonyl (C=O) groups is 2. The number of carboxylic acid groups (broad SMARTS) is 1. The average molecular weight is 736 g/mol. The number of nitrogens with one attached hydrogen (secondary N) is 1. The summed E-state index contributed by atoms with van der Waals surface area (Å²) in [5.74, 6) is -8.20. The summed E-state index contributed by atoms with van der Waals surface area (Å²) in [6, 6.07) is -1.70. The van der Waals surface area contributed by atoms with E-state index >= 15 is 8.78 Å². The summed E-state index contributed by atoms with van der Waals surface area (Å²) in [4.78, 5) is 40.7. The highest BCUT2D eigenvalue weighted by Crippen LogP contribution is 2.42. The van der Waals surface area contributed by atoms with Crippen molar-refractivity contribution in [2.75, 3.05) is 20.6 Å². The monoisotopic (exact) mass is 735 g/mol. The zero-order valence-corrected chi connectivity index (χ0v) is 28.6. The van der Waals surface area contributed by atoms with Crippen molar-refractivity contribution in [3.63, 3.8) is 0 Å². The van der Waals surface area contributed by atoms with E-state index in [0.29, 0.717) is 17.2 Å². The van der Waals surface area contributed by atoms with E-state index in [1.807, 2.05) is 0 Å². The Morgan fingerprint density at radius 1 is 0.902 bits per heavy atom. The van der Waals surface area contributed by atoms with Crippen LogP contribution in [0.5, 0.6) is 0 Å². The minimum absolute atomic E-state index is 0.0315.